The molecule has 0 spiro atoms. The highest BCUT2D eigenvalue weighted by atomic mass is 35.5. The molecule has 3 aliphatic rings. The van der Waals surface area contributed by atoms with E-state index in [2.05, 4.69) is 10.6 Å². The summed E-state index contributed by atoms with van der Waals surface area (Å²) in [5.74, 6) is 0.0875. The number of Topliss-reactive ketones (excluding diaryl/α,β-unsaturated/α-hetero) is 1. The monoisotopic (exact) mass is 432 g/mol. The molecule has 1 aromatic rings. The Morgan fingerprint density at radius 2 is 2.10 bits per heavy atom. The van der Waals surface area contributed by atoms with E-state index in [4.69, 9.17) is 16.3 Å². The number of fused-ring (bicyclic) bond motifs is 1. The van der Waals surface area contributed by atoms with Crippen LogP contribution in [0.3, 0.4) is 0 Å². The lowest BCUT2D eigenvalue weighted by atomic mass is 9.81. The number of imide groups is 1. The van der Waals surface area contributed by atoms with Crippen molar-refractivity contribution in [1.82, 2.24) is 5.32 Å². The van der Waals surface area contributed by atoms with Crippen LogP contribution >= 0.6 is 23.4 Å². The van der Waals surface area contributed by atoms with Crippen molar-refractivity contribution >= 4 is 46.0 Å². The fourth-order valence-electron chi connectivity index (χ4n) is 4.15. The van der Waals surface area contributed by atoms with Crippen molar-refractivity contribution in [1.29, 1.82) is 0 Å². The minimum Gasteiger partial charge on any atom is -0.495 e. The highest BCUT2D eigenvalue weighted by Gasteiger charge is 2.41. The number of carbonyl (C=O) groups excluding carboxylic acids is 3. The molecule has 8 heteroatoms. The van der Waals surface area contributed by atoms with Crippen molar-refractivity contribution in [2.45, 2.75) is 36.9 Å². The number of thioether (sulfide) groups is 1. The number of amides is 2. The number of ketones is 1. The van der Waals surface area contributed by atoms with E-state index in [0.29, 0.717) is 17.0 Å². The Bertz CT molecular complexity index is 956. The predicted octanol–water partition coefficient (Wildman–Crippen LogP) is 3.90. The number of nitrogens with one attached hydrogen (secondary N) is 2. The molecule has 152 valence electrons. The number of allylic oxidation sites excluding steroid dienone is 4. The molecular formula is C21H21ClN2O4S. The second-order valence-corrected chi connectivity index (χ2v) is 8.87. The van der Waals surface area contributed by atoms with Gasteiger partial charge < -0.3 is 10.1 Å². The highest BCUT2D eigenvalue weighted by molar-refractivity contribution is 8.15. The molecule has 1 fully saturated rings. The number of anilines is 1. The van der Waals surface area contributed by atoms with E-state index in [1.165, 1.54) is 0 Å². The first kappa shape index (κ1) is 20.0. The average molecular weight is 433 g/mol. The first-order chi connectivity index (χ1) is 14.0. The maximum absolute atomic E-state index is 12.5. The molecule has 29 heavy (non-hydrogen) atoms. The Hall–Kier alpha value is -2.25. The van der Waals surface area contributed by atoms with Gasteiger partial charge in [0.15, 0.2) is 5.78 Å². The van der Waals surface area contributed by atoms with E-state index >= 15 is 0 Å². The second kappa shape index (κ2) is 8.24. The van der Waals surface area contributed by atoms with Gasteiger partial charge in [0.1, 0.15) is 11.0 Å². The summed E-state index contributed by atoms with van der Waals surface area (Å²) in [4.78, 5) is 36.9. The van der Waals surface area contributed by atoms with Gasteiger partial charge in [0.05, 0.1) is 12.8 Å². The maximum atomic E-state index is 12.5. The van der Waals surface area contributed by atoms with Crippen LogP contribution in [0.25, 0.3) is 0 Å². The molecule has 0 aromatic heterocycles. The molecular weight excluding hydrogens is 412 g/mol. The Labute approximate surface area is 178 Å². The number of hydrogen-bond donors (Lipinski definition) is 2. The molecule has 0 radical (unpaired) electrons. The van der Waals surface area contributed by atoms with Crippen LogP contribution in [-0.4, -0.2) is 35.8 Å². The van der Waals surface area contributed by atoms with Gasteiger partial charge >= 0.3 is 0 Å². The maximum Gasteiger partial charge on any atom is 0.286 e. The van der Waals surface area contributed by atoms with E-state index < -0.39 is 5.25 Å². The van der Waals surface area contributed by atoms with E-state index in [1.807, 2.05) is 12.1 Å². The first-order valence-electron chi connectivity index (χ1n) is 9.51. The molecule has 2 heterocycles. The topological polar surface area (TPSA) is 84.5 Å². The van der Waals surface area contributed by atoms with Crippen molar-refractivity contribution < 1.29 is 19.1 Å². The van der Waals surface area contributed by atoms with Crippen molar-refractivity contribution in [3.8, 4) is 5.75 Å². The van der Waals surface area contributed by atoms with Crippen LogP contribution in [0.1, 0.15) is 36.3 Å². The Morgan fingerprint density at radius 3 is 2.79 bits per heavy atom. The standard InChI is InChI=1S/C21H21ClN2O4S/c1-28-17-7-6-13(14-3-2-8-23-18(14)17)15(19-20(26)24-21(27)29-19)9-11-4-5-12(22)10-16(11)25/h4-7,15,19,23H,2-3,8-10H2,1H3,(H,24,26,27). The van der Waals surface area contributed by atoms with Gasteiger partial charge in [0, 0.05) is 23.9 Å². The zero-order valence-electron chi connectivity index (χ0n) is 15.9. The minimum absolute atomic E-state index is 0.0438. The lowest BCUT2D eigenvalue weighted by Crippen LogP contribution is -2.30. The van der Waals surface area contributed by atoms with Crippen molar-refractivity contribution in [2.75, 3.05) is 19.0 Å². The zero-order valence-corrected chi connectivity index (χ0v) is 17.5. The van der Waals surface area contributed by atoms with Crippen molar-refractivity contribution in [2.24, 2.45) is 0 Å². The van der Waals surface area contributed by atoms with Gasteiger partial charge in [0.2, 0.25) is 5.91 Å². The lowest BCUT2D eigenvalue weighted by molar-refractivity contribution is -0.119. The Balaban J connectivity index is 1.78. The third kappa shape index (κ3) is 3.94. The summed E-state index contributed by atoms with van der Waals surface area (Å²) < 4.78 is 5.50. The van der Waals surface area contributed by atoms with Gasteiger partial charge in [-0.05, 0) is 48.1 Å². The van der Waals surface area contributed by atoms with Crippen LogP contribution in [0.5, 0.6) is 5.75 Å². The number of methoxy groups -OCH3 is 1. The molecule has 0 saturated carbocycles. The van der Waals surface area contributed by atoms with Crippen molar-refractivity contribution in [3.63, 3.8) is 0 Å². The summed E-state index contributed by atoms with van der Waals surface area (Å²) in [5, 5.41) is 5.35. The normalized spacial score (nSPS) is 22.3. The number of benzene rings is 1. The van der Waals surface area contributed by atoms with Gasteiger partial charge in [-0.2, -0.15) is 0 Å². The van der Waals surface area contributed by atoms with Crippen LogP contribution < -0.4 is 15.4 Å². The molecule has 2 atom stereocenters. The quantitative estimate of drug-likeness (QED) is 0.734. The van der Waals surface area contributed by atoms with Crippen LogP contribution in [0.4, 0.5) is 10.5 Å². The van der Waals surface area contributed by atoms with Crippen molar-refractivity contribution in [3.05, 3.63) is 46.0 Å². The van der Waals surface area contributed by atoms with Crippen LogP contribution in [0.15, 0.2) is 34.9 Å². The van der Waals surface area contributed by atoms with E-state index in [0.717, 1.165) is 53.7 Å². The van der Waals surface area contributed by atoms with Gasteiger partial charge in [-0.1, -0.05) is 35.5 Å². The van der Waals surface area contributed by atoms with Gasteiger partial charge in [0.25, 0.3) is 5.24 Å². The van der Waals surface area contributed by atoms with Gasteiger partial charge in [-0.15, -0.1) is 0 Å². The second-order valence-electron chi connectivity index (χ2n) is 7.27. The zero-order chi connectivity index (χ0) is 20.5. The van der Waals surface area contributed by atoms with Gasteiger partial charge in [-0.3, -0.25) is 19.7 Å². The largest absolute Gasteiger partial charge is 0.495 e. The third-order valence-corrected chi connectivity index (χ3v) is 6.88. The Kier molecular flexibility index (Phi) is 5.69. The molecule has 4 rings (SSSR count). The average Bonchev–Trinajstić information content (AvgIpc) is 3.04. The number of rotatable bonds is 5. The van der Waals surface area contributed by atoms with Crippen LogP contribution in [0.2, 0.25) is 0 Å². The van der Waals surface area contributed by atoms with E-state index in [-0.39, 0.29) is 29.3 Å². The highest BCUT2D eigenvalue weighted by Crippen LogP contribution is 2.44. The SMILES string of the molecule is COc1ccc(C(CC2=CC=C(Cl)CC2=O)C2SC(=O)NC2=O)c2c1NCCC2. The molecule has 0 bridgehead atoms. The molecule has 2 N–H and O–H groups in total. The van der Waals surface area contributed by atoms with Crippen LogP contribution in [-0.2, 0) is 16.0 Å². The molecule has 2 amide bonds. The summed E-state index contributed by atoms with van der Waals surface area (Å²) in [6.45, 7) is 0.849. The summed E-state index contributed by atoms with van der Waals surface area (Å²) >= 11 is 6.98. The Morgan fingerprint density at radius 1 is 1.28 bits per heavy atom. The van der Waals surface area contributed by atoms with E-state index in [9.17, 15) is 14.4 Å². The molecule has 2 aliphatic heterocycles. The molecule has 1 aromatic carbocycles. The number of ether oxygens (including phenoxy) is 1. The predicted molar refractivity (Wildman–Crippen MR) is 114 cm³/mol. The molecule has 2 unspecified atom stereocenters. The minimum atomic E-state index is -0.586. The third-order valence-electron chi connectivity index (χ3n) is 5.51. The lowest BCUT2D eigenvalue weighted by Gasteiger charge is -2.29. The first-order valence-corrected chi connectivity index (χ1v) is 10.8. The number of hydrogen-bond acceptors (Lipinski definition) is 6. The summed E-state index contributed by atoms with van der Waals surface area (Å²) in [7, 11) is 1.63. The smallest absolute Gasteiger partial charge is 0.286 e. The fourth-order valence-corrected chi connectivity index (χ4v) is 5.29. The van der Waals surface area contributed by atoms with E-state index in [1.54, 1.807) is 19.3 Å². The molecule has 6 nitrogen and oxygen atoms in total. The fraction of sp³-hybridized carbons (Fsp3) is 0.381. The number of halogens is 1. The summed E-state index contributed by atoms with van der Waals surface area (Å²) in [6.07, 6.45) is 5.81. The van der Waals surface area contributed by atoms with Gasteiger partial charge in [-0.25, -0.2) is 0 Å². The molecule has 1 aliphatic carbocycles. The van der Waals surface area contributed by atoms with Crippen LogP contribution in [0, 0.1) is 0 Å². The summed E-state index contributed by atoms with van der Waals surface area (Å²) in [5.41, 5.74) is 3.62. The number of carbonyl (C=O) groups is 3. The molecule has 1 saturated heterocycles. The summed E-state index contributed by atoms with van der Waals surface area (Å²) in [6, 6.07) is 3.84.